The maximum Gasteiger partial charge on any atom is 0.298 e. The van der Waals surface area contributed by atoms with Gasteiger partial charge in [0.1, 0.15) is 14.7 Å². The predicted octanol–water partition coefficient (Wildman–Crippen LogP) is 1.36. The SMILES string of the molecule is O=S(=O)(O)C1=c2ccc([nH]2)=C(S(=O)(=O)O)c2ccc([nH]2)C(S(=O)(=O)O)=c2[nH]c(cc2-c2ccccc2)=C(c2ccccc2)c2ccc1[nH]2. The van der Waals surface area contributed by atoms with Crippen LogP contribution in [-0.4, -0.2) is 58.8 Å². The summed E-state index contributed by atoms with van der Waals surface area (Å²) in [7, 11) is -15.1. The van der Waals surface area contributed by atoms with Crippen molar-refractivity contribution in [2.24, 2.45) is 0 Å². The topological polar surface area (TPSA) is 226 Å². The second-order valence-electron chi connectivity index (χ2n) is 10.8. The number of aromatic amines is 4. The van der Waals surface area contributed by atoms with Crippen molar-refractivity contribution in [3.05, 3.63) is 153 Å². The van der Waals surface area contributed by atoms with E-state index in [-0.39, 0.29) is 33.1 Å². The van der Waals surface area contributed by atoms with Gasteiger partial charge in [-0.05, 0) is 53.6 Å². The van der Waals surface area contributed by atoms with Gasteiger partial charge in [-0.25, -0.2) is 0 Å². The van der Waals surface area contributed by atoms with E-state index in [9.17, 15) is 38.9 Å². The van der Waals surface area contributed by atoms with Crippen molar-refractivity contribution >= 4 is 50.6 Å². The zero-order chi connectivity index (χ0) is 34.0. The van der Waals surface area contributed by atoms with Crippen molar-refractivity contribution in [3.63, 3.8) is 0 Å². The largest absolute Gasteiger partial charge is 0.354 e. The van der Waals surface area contributed by atoms with Crippen LogP contribution in [0.25, 0.3) is 31.4 Å². The molecule has 0 fully saturated rings. The van der Waals surface area contributed by atoms with Gasteiger partial charge >= 0.3 is 0 Å². The van der Waals surface area contributed by atoms with E-state index in [0.717, 1.165) is 0 Å². The van der Waals surface area contributed by atoms with Gasteiger partial charge in [-0.2, -0.15) is 25.3 Å². The summed E-state index contributed by atoms with van der Waals surface area (Å²) in [6, 6.07) is 27.1. The van der Waals surface area contributed by atoms with E-state index < -0.39 is 45.1 Å². The Hall–Kier alpha value is -5.23. The van der Waals surface area contributed by atoms with E-state index >= 15 is 0 Å². The Kier molecular flexibility index (Phi) is 7.31. The second-order valence-corrected chi connectivity index (χ2v) is 14.9. The number of nitrogens with one attached hydrogen (secondary N) is 4. The number of rotatable bonds is 5. The van der Waals surface area contributed by atoms with Gasteiger partial charge in [-0.1, -0.05) is 60.7 Å². The molecule has 13 nitrogen and oxygen atoms in total. The molecule has 4 aromatic heterocycles. The standard InChI is InChI=1S/C32H24N4O9S3/c37-46(38,39)30-22-12-11-21(33-22)28(19-9-5-2-6-10-19)27-17-20(18-7-3-1-4-8-18)29(36-27)32(48(43,44)45)26-16-15-25(35-26)31(47(40,41)42)24-14-13-23(30)34-24/h1-17,33-36H,(H,37,38,39)(H,40,41,42)(H,43,44,45). The summed E-state index contributed by atoms with van der Waals surface area (Å²) < 4.78 is 109. The van der Waals surface area contributed by atoms with Crippen LogP contribution in [0.1, 0.15) is 28.3 Å². The Labute approximate surface area is 272 Å². The Morgan fingerprint density at radius 2 is 0.854 bits per heavy atom. The Balaban J connectivity index is 1.77. The average molecular weight is 705 g/mol. The zero-order valence-electron chi connectivity index (χ0n) is 24.3. The number of H-pyrrole nitrogens is 4. The Bertz CT molecular complexity index is 2850. The number of fused-ring (bicyclic) bond motifs is 8. The van der Waals surface area contributed by atoms with Gasteiger partial charge in [0.2, 0.25) is 0 Å². The Morgan fingerprint density at radius 1 is 0.417 bits per heavy atom. The highest BCUT2D eigenvalue weighted by molar-refractivity contribution is 7.96. The molecule has 1 aliphatic rings. The van der Waals surface area contributed by atoms with Crippen molar-refractivity contribution in [1.82, 2.24) is 19.9 Å². The molecule has 0 amide bonds. The smallest absolute Gasteiger partial charge is 0.298 e. The van der Waals surface area contributed by atoms with Crippen molar-refractivity contribution in [1.29, 1.82) is 0 Å². The summed E-state index contributed by atoms with van der Waals surface area (Å²) in [6.07, 6.45) is 0. The molecule has 0 radical (unpaired) electrons. The van der Waals surface area contributed by atoms with E-state index in [4.69, 9.17) is 0 Å². The second kappa shape index (κ2) is 11.2. The average Bonchev–Trinajstić information content (AvgIpc) is 3.82. The lowest BCUT2D eigenvalue weighted by atomic mass is 10.0. The van der Waals surface area contributed by atoms with Gasteiger partial charge in [-0.15, -0.1) is 0 Å². The fourth-order valence-electron chi connectivity index (χ4n) is 5.92. The molecular weight excluding hydrogens is 681 g/mol. The highest BCUT2D eigenvalue weighted by Gasteiger charge is 2.27. The highest BCUT2D eigenvalue weighted by Crippen LogP contribution is 2.27. The highest BCUT2D eigenvalue weighted by atomic mass is 32.2. The van der Waals surface area contributed by atoms with Crippen molar-refractivity contribution in [2.75, 3.05) is 0 Å². The number of aromatic nitrogens is 4. The first-order valence-corrected chi connectivity index (χ1v) is 18.4. The van der Waals surface area contributed by atoms with Gasteiger partial charge in [0.25, 0.3) is 30.4 Å². The number of hydrogen-bond donors (Lipinski definition) is 7. The molecule has 48 heavy (non-hydrogen) atoms. The monoisotopic (exact) mass is 704 g/mol. The molecule has 7 rings (SSSR count). The molecule has 7 N–H and O–H groups in total. The van der Waals surface area contributed by atoms with Crippen LogP contribution >= 0.6 is 0 Å². The third-order valence-electron chi connectivity index (χ3n) is 7.79. The molecule has 0 spiro atoms. The van der Waals surface area contributed by atoms with Crippen LogP contribution in [0.3, 0.4) is 0 Å². The van der Waals surface area contributed by atoms with Crippen LogP contribution in [0.15, 0.2) is 103 Å². The maximum atomic E-state index is 13.2. The van der Waals surface area contributed by atoms with E-state index in [0.29, 0.717) is 33.3 Å². The summed E-state index contributed by atoms with van der Waals surface area (Å²) in [5.74, 6) is 0. The molecule has 0 aliphatic carbocycles. The molecule has 16 heteroatoms. The van der Waals surface area contributed by atoms with Crippen LogP contribution in [-0.2, 0) is 30.4 Å². The molecule has 8 bridgehead atoms. The lowest BCUT2D eigenvalue weighted by molar-refractivity contribution is 0.493. The summed E-state index contributed by atoms with van der Waals surface area (Å²) >= 11 is 0. The fraction of sp³-hybridized carbons (Fsp3) is 0. The Morgan fingerprint density at radius 3 is 1.35 bits per heavy atom. The molecular formula is C32H24N4O9S3. The molecule has 1 aliphatic heterocycles. The minimum atomic E-state index is -5.07. The van der Waals surface area contributed by atoms with E-state index in [1.54, 1.807) is 72.8 Å². The number of hydrogen-bond acceptors (Lipinski definition) is 6. The van der Waals surface area contributed by atoms with E-state index in [2.05, 4.69) is 19.9 Å². The number of benzene rings is 2. The quantitative estimate of drug-likeness (QED) is 0.128. The van der Waals surface area contributed by atoms with Crippen LogP contribution in [0.4, 0.5) is 0 Å². The summed E-state index contributed by atoms with van der Waals surface area (Å²) in [4.78, 5) is 9.51. The predicted molar refractivity (Wildman–Crippen MR) is 177 cm³/mol. The lowest BCUT2D eigenvalue weighted by Crippen LogP contribution is -2.23. The molecule has 0 atom stereocenters. The molecule has 0 saturated carbocycles. The molecule has 5 heterocycles. The molecule has 6 aromatic rings. The van der Waals surface area contributed by atoms with Gasteiger partial charge in [0.05, 0.1) is 33.1 Å². The van der Waals surface area contributed by atoms with Gasteiger partial charge in [0, 0.05) is 22.2 Å². The van der Waals surface area contributed by atoms with Crippen molar-refractivity contribution in [3.8, 4) is 11.1 Å². The first kappa shape index (κ1) is 31.4. The molecule has 0 saturated heterocycles. The lowest BCUT2D eigenvalue weighted by Gasteiger charge is -2.07. The van der Waals surface area contributed by atoms with E-state index in [1.165, 1.54) is 30.3 Å². The first-order valence-electron chi connectivity index (χ1n) is 14.0. The molecule has 0 unspecified atom stereocenters. The van der Waals surface area contributed by atoms with Crippen molar-refractivity contribution < 1.29 is 38.9 Å². The third kappa shape index (κ3) is 5.55. The van der Waals surface area contributed by atoms with Crippen LogP contribution in [0.2, 0.25) is 0 Å². The maximum absolute atomic E-state index is 13.2. The fourth-order valence-corrected chi connectivity index (χ4v) is 8.32. The molecule has 244 valence electrons. The van der Waals surface area contributed by atoms with Gasteiger partial charge in [-0.3, -0.25) is 13.7 Å². The molecule has 2 aromatic carbocycles. The third-order valence-corrected chi connectivity index (χ3v) is 10.6. The normalized spacial score (nSPS) is 14.1. The van der Waals surface area contributed by atoms with Gasteiger partial charge in [0.15, 0.2) is 0 Å². The van der Waals surface area contributed by atoms with Crippen LogP contribution < -0.4 is 21.4 Å². The minimum absolute atomic E-state index is 0.0554. The zero-order valence-corrected chi connectivity index (χ0v) is 26.8. The summed E-state index contributed by atoms with van der Waals surface area (Å²) in [5, 5.41) is -0.219. The minimum Gasteiger partial charge on any atom is -0.354 e. The van der Waals surface area contributed by atoms with Gasteiger partial charge < -0.3 is 19.9 Å². The first-order chi connectivity index (χ1) is 22.7. The van der Waals surface area contributed by atoms with Crippen LogP contribution in [0.5, 0.6) is 0 Å². The van der Waals surface area contributed by atoms with E-state index in [1.807, 2.05) is 0 Å². The summed E-state index contributed by atoms with van der Waals surface area (Å²) in [6.45, 7) is 0. The van der Waals surface area contributed by atoms with Crippen molar-refractivity contribution in [2.45, 2.75) is 0 Å². The van der Waals surface area contributed by atoms with Crippen LogP contribution in [0, 0.1) is 0 Å². The summed E-state index contributed by atoms with van der Waals surface area (Å²) in [5.41, 5.74) is 1.77.